The van der Waals surface area contributed by atoms with Crippen LogP contribution in [-0.2, 0) is 14.8 Å². The summed E-state index contributed by atoms with van der Waals surface area (Å²) in [5, 5.41) is 11.3. The van der Waals surface area contributed by atoms with E-state index in [1.807, 2.05) is 30.3 Å². The van der Waals surface area contributed by atoms with E-state index in [0.29, 0.717) is 5.01 Å². The van der Waals surface area contributed by atoms with Crippen LogP contribution in [0.15, 0.2) is 40.7 Å². The number of hydrogen-bond acceptors (Lipinski definition) is 5. The molecule has 0 bridgehead atoms. The minimum atomic E-state index is -3.76. The van der Waals surface area contributed by atoms with Crippen molar-refractivity contribution in [3.05, 3.63) is 35.7 Å². The number of nitrogens with zero attached hydrogens (tertiary/aromatic N) is 2. The average molecular weight is 352 g/mol. The Morgan fingerprint density at radius 1 is 1.30 bits per heavy atom. The van der Waals surface area contributed by atoms with Crippen molar-refractivity contribution < 1.29 is 18.3 Å². The van der Waals surface area contributed by atoms with Gasteiger partial charge in [-0.05, 0) is 5.92 Å². The fraction of sp³-hybridized carbons (Fsp3) is 0.333. The second kappa shape index (κ2) is 6.03. The first kappa shape index (κ1) is 16.1. The minimum Gasteiger partial charge on any atom is -0.481 e. The molecule has 2 heterocycles. The van der Waals surface area contributed by atoms with Crippen molar-refractivity contribution in [3.8, 4) is 10.6 Å². The highest BCUT2D eigenvalue weighted by Gasteiger charge is 2.41. The Kier molecular flexibility index (Phi) is 4.22. The largest absolute Gasteiger partial charge is 0.481 e. The fourth-order valence-corrected chi connectivity index (χ4v) is 5.30. The van der Waals surface area contributed by atoms with Gasteiger partial charge >= 0.3 is 5.97 Å². The summed E-state index contributed by atoms with van der Waals surface area (Å²) in [4.78, 5) is 15.4. The van der Waals surface area contributed by atoms with Gasteiger partial charge in [0, 0.05) is 24.0 Å². The van der Waals surface area contributed by atoms with Crippen molar-refractivity contribution in [1.29, 1.82) is 0 Å². The summed E-state index contributed by atoms with van der Waals surface area (Å²) in [5.41, 5.74) is 0.858. The molecule has 8 heteroatoms. The molecule has 2 aromatic rings. The molecular formula is C15H16N2O4S2. The first-order chi connectivity index (χ1) is 10.9. The Morgan fingerprint density at radius 2 is 2.00 bits per heavy atom. The number of hydrogen-bond donors (Lipinski definition) is 1. The van der Waals surface area contributed by atoms with Gasteiger partial charge in [0.25, 0.3) is 10.0 Å². The van der Waals surface area contributed by atoms with E-state index in [1.165, 1.54) is 21.0 Å². The molecule has 2 atom stereocenters. The van der Waals surface area contributed by atoms with Crippen LogP contribution in [0.2, 0.25) is 0 Å². The van der Waals surface area contributed by atoms with Crippen LogP contribution < -0.4 is 0 Å². The normalized spacial score (nSPS) is 22.3. The Balaban J connectivity index is 1.87. The van der Waals surface area contributed by atoms with Gasteiger partial charge in [-0.15, -0.1) is 11.3 Å². The molecule has 0 aliphatic carbocycles. The van der Waals surface area contributed by atoms with E-state index in [-0.39, 0.29) is 24.0 Å². The predicted octanol–water partition coefficient (Wildman–Crippen LogP) is 2.15. The average Bonchev–Trinajstić information content (AvgIpc) is 3.15. The highest BCUT2D eigenvalue weighted by Crippen LogP contribution is 2.31. The number of rotatable bonds is 4. The standard InChI is InChI=1S/C15H16N2O4S2/c1-10-7-17(8-12(10)15(18)19)23(20,21)13-9-22-14(16-13)11-5-3-2-4-6-11/h2-6,9-10,12H,7-8H2,1H3,(H,18,19)/t10-,12-/m1/s1. The third-order valence-corrected chi connectivity index (χ3v) is 6.76. The molecule has 6 nitrogen and oxygen atoms in total. The fourth-order valence-electron chi connectivity index (χ4n) is 2.66. The molecule has 0 amide bonds. The summed E-state index contributed by atoms with van der Waals surface area (Å²) < 4.78 is 26.6. The van der Waals surface area contributed by atoms with Gasteiger partial charge in [-0.25, -0.2) is 13.4 Å². The van der Waals surface area contributed by atoms with Crippen LogP contribution in [0.25, 0.3) is 10.6 Å². The van der Waals surface area contributed by atoms with E-state index in [9.17, 15) is 13.2 Å². The van der Waals surface area contributed by atoms with E-state index in [0.717, 1.165) is 5.56 Å². The lowest BCUT2D eigenvalue weighted by atomic mass is 9.99. The molecule has 3 rings (SSSR count). The number of carbonyl (C=O) groups is 1. The van der Waals surface area contributed by atoms with Gasteiger partial charge in [-0.3, -0.25) is 4.79 Å². The third kappa shape index (κ3) is 3.01. The molecule has 1 aromatic heterocycles. The lowest BCUT2D eigenvalue weighted by molar-refractivity contribution is -0.142. The highest BCUT2D eigenvalue weighted by atomic mass is 32.2. The molecule has 0 radical (unpaired) electrons. The van der Waals surface area contributed by atoms with Gasteiger partial charge in [0.05, 0.1) is 5.92 Å². The van der Waals surface area contributed by atoms with Gasteiger partial charge in [-0.2, -0.15) is 4.31 Å². The highest BCUT2D eigenvalue weighted by molar-refractivity contribution is 7.89. The number of carboxylic acid groups (broad SMARTS) is 1. The van der Waals surface area contributed by atoms with Crippen LogP contribution in [0.5, 0.6) is 0 Å². The molecular weight excluding hydrogens is 336 g/mol. The molecule has 122 valence electrons. The summed E-state index contributed by atoms with van der Waals surface area (Å²) in [7, 11) is -3.76. The summed E-state index contributed by atoms with van der Waals surface area (Å²) in [6, 6.07) is 9.35. The van der Waals surface area contributed by atoms with Crippen molar-refractivity contribution in [1.82, 2.24) is 9.29 Å². The van der Waals surface area contributed by atoms with E-state index < -0.39 is 21.9 Å². The molecule has 1 N–H and O–H groups in total. The van der Waals surface area contributed by atoms with Gasteiger partial charge in [0.1, 0.15) is 5.01 Å². The molecule has 0 spiro atoms. The first-order valence-electron chi connectivity index (χ1n) is 7.13. The molecule has 0 unspecified atom stereocenters. The Bertz CT molecular complexity index is 817. The van der Waals surface area contributed by atoms with Crippen LogP contribution in [0.3, 0.4) is 0 Å². The van der Waals surface area contributed by atoms with Gasteiger partial charge in [-0.1, -0.05) is 37.3 Å². The van der Waals surface area contributed by atoms with Crippen LogP contribution in [0.4, 0.5) is 0 Å². The summed E-state index contributed by atoms with van der Waals surface area (Å²) in [6.45, 7) is 1.96. The van der Waals surface area contributed by atoms with Crippen molar-refractivity contribution in [2.24, 2.45) is 11.8 Å². The number of aromatic nitrogens is 1. The monoisotopic (exact) mass is 352 g/mol. The van der Waals surface area contributed by atoms with Gasteiger partial charge in [0.2, 0.25) is 0 Å². The summed E-state index contributed by atoms with van der Waals surface area (Å²) in [5.74, 6) is -1.84. The van der Waals surface area contributed by atoms with Crippen LogP contribution in [-0.4, -0.2) is 41.9 Å². The summed E-state index contributed by atoms with van der Waals surface area (Å²) >= 11 is 1.26. The SMILES string of the molecule is C[C@@H]1CN(S(=O)(=O)c2csc(-c3ccccc3)n2)C[C@H]1C(=O)O. The molecule has 1 fully saturated rings. The third-order valence-electron chi connectivity index (χ3n) is 4.00. The molecule has 1 saturated heterocycles. The maximum Gasteiger partial charge on any atom is 0.308 e. The Morgan fingerprint density at radius 3 is 2.61 bits per heavy atom. The van der Waals surface area contributed by atoms with Crippen LogP contribution in [0.1, 0.15) is 6.92 Å². The van der Waals surface area contributed by atoms with Crippen LogP contribution >= 0.6 is 11.3 Å². The quantitative estimate of drug-likeness (QED) is 0.911. The van der Waals surface area contributed by atoms with Gasteiger partial charge < -0.3 is 5.11 Å². The molecule has 1 aliphatic rings. The van der Waals surface area contributed by atoms with Crippen molar-refractivity contribution in [2.45, 2.75) is 11.9 Å². The lowest BCUT2D eigenvalue weighted by Crippen LogP contribution is -2.30. The summed E-state index contributed by atoms with van der Waals surface area (Å²) in [6.07, 6.45) is 0. The minimum absolute atomic E-state index is 0.00295. The van der Waals surface area contributed by atoms with E-state index in [4.69, 9.17) is 5.11 Å². The molecule has 1 aromatic carbocycles. The molecule has 23 heavy (non-hydrogen) atoms. The Hall–Kier alpha value is -1.77. The van der Waals surface area contributed by atoms with Crippen molar-refractivity contribution in [2.75, 3.05) is 13.1 Å². The number of benzene rings is 1. The predicted molar refractivity (Wildman–Crippen MR) is 86.6 cm³/mol. The zero-order valence-electron chi connectivity index (χ0n) is 12.4. The number of aliphatic carboxylic acids is 1. The topological polar surface area (TPSA) is 87.6 Å². The lowest BCUT2D eigenvalue weighted by Gasteiger charge is -2.13. The van der Waals surface area contributed by atoms with E-state index in [1.54, 1.807) is 6.92 Å². The zero-order valence-corrected chi connectivity index (χ0v) is 14.0. The number of carboxylic acids is 1. The second-order valence-electron chi connectivity index (χ2n) is 5.60. The number of sulfonamides is 1. The second-order valence-corrected chi connectivity index (χ2v) is 8.34. The Labute approximate surface area is 138 Å². The van der Waals surface area contributed by atoms with E-state index >= 15 is 0 Å². The smallest absolute Gasteiger partial charge is 0.308 e. The van der Waals surface area contributed by atoms with E-state index in [2.05, 4.69) is 4.98 Å². The van der Waals surface area contributed by atoms with Crippen molar-refractivity contribution in [3.63, 3.8) is 0 Å². The maximum atomic E-state index is 12.7. The zero-order chi connectivity index (χ0) is 16.6. The molecule has 0 saturated carbocycles. The van der Waals surface area contributed by atoms with Crippen LogP contribution in [0, 0.1) is 11.8 Å². The van der Waals surface area contributed by atoms with Crippen molar-refractivity contribution >= 4 is 27.3 Å². The maximum absolute atomic E-state index is 12.7. The van der Waals surface area contributed by atoms with Gasteiger partial charge in [0.15, 0.2) is 5.03 Å². The first-order valence-corrected chi connectivity index (χ1v) is 9.45. The molecule has 1 aliphatic heterocycles. The number of thiazole rings is 1.